The molecule has 2 N–H and O–H groups in total. The monoisotopic (exact) mass is 502 g/mol. The van der Waals surface area contributed by atoms with E-state index >= 15 is 0 Å². The summed E-state index contributed by atoms with van der Waals surface area (Å²) in [5, 5.41) is 22.4. The normalized spacial score (nSPS) is 12.9. The Morgan fingerprint density at radius 3 is 0.943 bits per heavy atom. The maximum Gasteiger partial charge on any atom is 0.207 e. The van der Waals surface area contributed by atoms with E-state index in [1.165, 1.54) is 0 Å². The lowest BCUT2D eigenvalue weighted by molar-refractivity contribution is 0.450. The van der Waals surface area contributed by atoms with Crippen molar-refractivity contribution in [3.8, 4) is 11.5 Å². The Kier molecular flexibility index (Phi) is 8.80. The molecule has 0 unspecified atom stereocenters. The minimum atomic E-state index is -3.97. The van der Waals surface area contributed by atoms with E-state index in [0.29, 0.717) is 33.4 Å². The smallest absolute Gasteiger partial charge is 0.207 e. The summed E-state index contributed by atoms with van der Waals surface area (Å²) in [5.41, 5.74) is 4.08. The Morgan fingerprint density at radius 2 is 0.743 bits per heavy atom. The van der Waals surface area contributed by atoms with E-state index in [0.717, 1.165) is 0 Å². The summed E-state index contributed by atoms with van der Waals surface area (Å²) in [6, 6.07) is 3.38. The van der Waals surface area contributed by atoms with E-state index in [9.17, 15) is 18.6 Å². The van der Waals surface area contributed by atoms with Crippen molar-refractivity contribution in [2.75, 3.05) is 0 Å². The van der Waals surface area contributed by atoms with Gasteiger partial charge in [0.15, 0.2) is 0 Å². The van der Waals surface area contributed by atoms with Crippen molar-refractivity contribution in [3.63, 3.8) is 0 Å². The van der Waals surface area contributed by atoms with E-state index in [-0.39, 0.29) is 56.8 Å². The highest BCUT2D eigenvalue weighted by Crippen LogP contribution is 2.47. The molecule has 0 spiro atoms. The number of hydrogen-bond donors (Lipinski definition) is 2. The first kappa shape index (κ1) is 29.2. The largest absolute Gasteiger partial charge is 0.507 e. The molecule has 0 heterocycles. The second kappa shape index (κ2) is 10.5. The maximum absolute atomic E-state index is 14.6. The summed E-state index contributed by atoms with van der Waals surface area (Å²) < 4.78 is 29.3. The van der Waals surface area contributed by atoms with Gasteiger partial charge in [0, 0.05) is 11.1 Å². The molecule has 0 saturated carbocycles. The molecule has 2 aromatic rings. The molecule has 0 radical (unpaired) electrons. The first-order valence-electron chi connectivity index (χ1n) is 13.0. The van der Waals surface area contributed by atoms with Gasteiger partial charge in [0.05, 0.1) is 9.79 Å². The summed E-state index contributed by atoms with van der Waals surface area (Å²) >= 11 is 0. The van der Waals surface area contributed by atoms with Crippen molar-refractivity contribution in [2.24, 2.45) is 0 Å². The molecule has 0 aliphatic heterocycles. The van der Waals surface area contributed by atoms with E-state index in [1.54, 1.807) is 12.1 Å². The van der Waals surface area contributed by atoms with Crippen LogP contribution in [0.5, 0.6) is 11.5 Å². The van der Waals surface area contributed by atoms with E-state index in [1.807, 2.05) is 83.1 Å². The fourth-order valence-electron chi connectivity index (χ4n) is 5.21. The highest BCUT2D eigenvalue weighted by molar-refractivity contribution is 7.91. The number of sulfone groups is 1. The molecule has 0 aliphatic rings. The van der Waals surface area contributed by atoms with Crippen LogP contribution in [-0.2, 0) is 9.84 Å². The van der Waals surface area contributed by atoms with Crippen LogP contribution in [0, 0.1) is 0 Å². The Morgan fingerprint density at radius 1 is 0.486 bits per heavy atom. The molecule has 0 fully saturated rings. The molecular formula is C30H46O4S. The standard InChI is InChI=1S/C30H46O4S/c1-15(2)21-13-23(25(17(5)6)27(19(9)10)29(21)31)35(33,34)24-14-22(16(3)4)30(32)28(20(11)12)26(24)18(7)8/h13-20,31-32H,1-12H3. The van der Waals surface area contributed by atoms with Crippen LogP contribution in [-0.4, -0.2) is 18.6 Å². The van der Waals surface area contributed by atoms with Gasteiger partial charge >= 0.3 is 0 Å². The van der Waals surface area contributed by atoms with Gasteiger partial charge in [-0.2, -0.15) is 0 Å². The second-order valence-electron chi connectivity index (χ2n) is 11.7. The van der Waals surface area contributed by atoms with Crippen LogP contribution < -0.4 is 0 Å². The molecule has 5 heteroatoms. The summed E-state index contributed by atoms with van der Waals surface area (Å²) in [6.45, 7) is 23.8. The van der Waals surface area contributed by atoms with E-state index in [2.05, 4.69) is 0 Å². The molecule has 2 aromatic carbocycles. The van der Waals surface area contributed by atoms with Crippen molar-refractivity contribution < 1.29 is 18.6 Å². The van der Waals surface area contributed by atoms with E-state index < -0.39 is 9.84 Å². The number of rotatable bonds is 8. The maximum atomic E-state index is 14.6. The minimum Gasteiger partial charge on any atom is -0.507 e. The third kappa shape index (κ3) is 5.26. The topological polar surface area (TPSA) is 74.6 Å². The number of aromatic hydroxyl groups is 2. The van der Waals surface area contributed by atoms with Crippen molar-refractivity contribution >= 4 is 9.84 Å². The summed E-state index contributed by atoms with van der Waals surface area (Å²) in [4.78, 5) is 0.546. The predicted octanol–water partition coefficient (Wildman–Crippen LogP) is 8.67. The quantitative estimate of drug-likeness (QED) is 0.379. The Hall–Kier alpha value is -2.01. The number of phenols is 2. The van der Waals surface area contributed by atoms with Crippen molar-refractivity contribution in [3.05, 3.63) is 45.5 Å². The molecule has 0 aliphatic carbocycles. The van der Waals surface area contributed by atoms with Gasteiger partial charge in [-0.25, -0.2) is 8.42 Å². The van der Waals surface area contributed by atoms with Crippen LogP contribution in [0.3, 0.4) is 0 Å². The van der Waals surface area contributed by atoms with Gasteiger partial charge < -0.3 is 10.2 Å². The lowest BCUT2D eigenvalue weighted by atomic mass is 9.85. The van der Waals surface area contributed by atoms with Crippen LogP contribution in [0.2, 0.25) is 0 Å². The molecule has 0 aromatic heterocycles. The summed E-state index contributed by atoms with van der Waals surface area (Å²) in [5.74, 6) is 0.0604. The zero-order valence-electron chi connectivity index (χ0n) is 23.7. The second-order valence-corrected chi connectivity index (χ2v) is 13.6. The first-order chi connectivity index (χ1) is 16.0. The lowest BCUT2D eigenvalue weighted by Crippen LogP contribution is -2.16. The summed E-state index contributed by atoms with van der Waals surface area (Å²) in [7, 11) is -3.97. The van der Waals surface area contributed by atoms with Crippen molar-refractivity contribution in [1.29, 1.82) is 0 Å². The molecule has 35 heavy (non-hydrogen) atoms. The lowest BCUT2D eigenvalue weighted by Gasteiger charge is -2.28. The minimum absolute atomic E-state index is 0.0375. The molecule has 2 rings (SSSR count). The first-order valence-corrected chi connectivity index (χ1v) is 14.5. The van der Waals surface area contributed by atoms with Crippen LogP contribution in [0.25, 0.3) is 0 Å². The number of benzene rings is 2. The Balaban J connectivity index is 3.21. The average molecular weight is 503 g/mol. The van der Waals surface area contributed by atoms with Crippen LogP contribution in [0.15, 0.2) is 21.9 Å². The Bertz CT molecular complexity index is 1100. The fraction of sp³-hybridized carbons (Fsp3) is 0.600. The van der Waals surface area contributed by atoms with Gasteiger partial charge in [-0.05, 0) is 69.9 Å². The van der Waals surface area contributed by atoms with Crippen LogP contribution in [0.1, 0.15) is 152 Å². The van der Waals surface area contributed by atoms with E-state index in [4.69, 9.17) is 0 Å². The molecule has 0 atom stereocenters. The zero-order chi connectivity index (χ0) is 27.2. The predicted molar refractivity (Wildman–Crippen MR) is 146 cm³/mol. The van der Waals surface area contributed by atoms with Gasteiger partial charge in [-0.1, -0.05) is 83.1 Å². The van der Waals surface area contributed by atoms with Crippen molar-refractivity contribution in [2.45, 2.75) is 128 Å². The zero-order valence-corrected chi connectivity index (χ0v) is 24.6. The van der Waals surface area contributed by atoms with Gasteiger partial charge in [-0.15, -0.1) is 0 Å². The SMILES string of the molecule is CC(C)c1cc(S(=O)(=O)c2cc(C(C)C)c(O)c(C(C)C)c2C(C)C)c(C(C)C)c(C(C)C)c1O. The number of hydrogen-bond acceptors (Lipinski definition) is 4. The third-order valence-electron chi connectivity index (χ3n) is 6.87. The fourth-order valence-corrected chi connectivity index (χ4v) is 7.28. The van der Waals surface area contributed by atoms with Crippen LogP contribution in [0.4, 0.5) is 0 Å². The summed E-state index contributed by atoms with van der Waals surface area (Å²) in [6.07, 6.45) is 0. The average Bonchev–Trinajstić information content (AvgIpc) is 2.70. The molecule has 4 nitrogen and oxygen atoms in total. The van der Waals surface area contributed by atoms with Crippen molar-refractivity contribution in [1.82, 2.24) is 0 Å². The molecule has 196 valence electrons. The van der Waals surface area contributed by atoms with Gasteiger partial charge in [0.2, 0.25) is 9.84 Å². The van der Waals surface area contributed by atoms with Gasteiger partial charge in [-0.3, -0.25) is 0 Å². The Labute approximate surface area is 213 Å². The van der Waals surface area contributed by atoms with Crippen LogP contribution >= 0.6 is 0 Å². The third-order valence-corrected chi connectivity index (χ3v) is 8.71. The molecule has 0 amide bonds. The highest BCUT2D eigenvalue weighted by atomic mass is 32.2. The molecule has 0 saturated heterocycles. The van der Waals surface area contributed by atoms with Gasteiger partial charge in [0.25, 0.3) is 0 Å². The van der Waals surface area contributed by atoms with Gasteiger partial charge in [0.1, 0.15) is 11.5 Å². The highest BCUT2D eigenvalue weighted by Gasteiger charge is 2.34. The number of phenolic OH excluding ortho intramolecular Hbond substituents is 2. The molecular weight excluding hydrogens is 456 g/mol. The molecule has 0 bridgehead atoms.